The molecule has 2 aromatic heterocycles. The lowest BCUT2D eigenvalue weighted by Crippen LogP contribution is -2.21. The van der Waals surface area contributed by atoms with Crippen LogP contribution in [0, 0.1) is 20.8 Å². The maximum atomic E-state index is 12.7. The number of hydrogen-bond acceptors (Lipinski definition) is 6. The molecule has 0 saturated carbocycles. The first-order valence-electron chi connectivity index (χ1n) is 10.1. The number of furan rings is 1. The molecular formula is C24H21NO6. The molecule has 0 bridgehead atoms. The van der Waals surface area contributed by atoms with Crippen molar-refractivity contribution in [3.05, 3.63) is 63.2 Å². The van der Waals surface area contributed by atoms with Crippen molar-refractivity contribution in [3.63, 3.8) is 0 Å². The third kappa shape index (κ3) is 3.32. The van der Waals surface area contributed by atoms with Gasteiger partial charge in [0.25, 0.3) is 0 Å². The van der Waals surface area contributed by atoms with E-state index in [-0.39, 0.29) is 12.3 Å². The van der Waals surface area contributed by atoms with Crippen LogP contribution < -0.4 is 20.4 Å². The molecule has 0 fully saturated rings. The van der Waals surface area contributed by atoms with Gasteiger partial charge < -0.3 is 23.6 Å². The second kappa shape index (κ2) is 7.19. The smallest absolute Gasteiger partial charge is 0.340 e. The van der Waals surface area contributed by atoms with Crippen molar-refractivity contribution in [2.75, 3.05) is 18.5 Å². The first-order valence-corrected chi connectivity index (χ1v) is 10.1. The number of ether oxygens (including phenoxy) is 2. The summed E-state index contributed by atoms with van der Waals surface area (Å²) >= 11 is 0. The predicted octanol–water partition coefficient (Wildman–Crippen LogP) is 4.42. The predicted molar refractivity (Wildman–Crippen MR) is 116 cm³/mol. The van der Waals surface area contributed by atoms with E-state index in [0.717, 1.165) is 27.7 Å². The quantitative estimate of drug-likeness (QED) is 0.495. The van der Waals surface area contributed by atoms with Gasteiger partial charge in [-0.25, -0.2) is 4.79 Å². The molecule has 31 heavy (non-hydrogen) atoms. The maximum Gasteiger partial charge on any atom is 0.340 e. The van der Waals surface area contributed by atoms with Crippen LogP contribution in [0.1, 0.15) is 22.5 Å². The zero-order valence-electron chi connectivity index (χ0n) is 17.5. The van der Waals surface area contributed by atoms with E-state index in [1.54, 1.807) is 24.3 Å². The zero-order chi connectivity index (χ0) is 21.7. The summed E-state index contributed by atoms with van der Waals surface area (Å²) in [7, 11) is 0. The average molecular weight is 419 g/mol. The summed E-state index contributed by atoms with van der Waals surface area (Å²) < 4.78 is 22.3. The zero-order valence-corrected chi connectivity index (χ0v) is 17.5. The minimum atomic E-state index is -0.526. The van der Waals surface area contributed by atoms with E-state index >= 15 is 0 Å². The van der Waals surface area contributed by atoms with Crippen LogP contribution in [0.5, 0.6) is 11.5 Å². The summed E-state index contributed by atoms with van der Waals surface area (Å²) in [6.07, 6.45) is -0.0972. The van der Waals surface area contributed by atoms with Crippen LogP contribution in [0.25, 0.3) is 21.9 Å². The van der Waals surface area contributed by atoms with Crippen molar-refractivity contribution in [3.8, 4) is 11.5 Å². The molecule has 0 radical (unpaired) electrons. The molecule has 0 unspecified atom stereocenters. The summed E-state index contributed by atoms with van der Waals surface area (Å²) in [5.74, 6) is 1.73. The molecule has 7 heteroatoms. The first kappa shape index (κ1) is 19.2. The molecule has 0 atom stereocenters. The molecule has 1 aliphatic rings. The fraction of sp³-hybridized carbons (Fsp3) is 0.250. The number of aryl methyl sites for hydroxylation is 3. The SMILES string of the molecule is Cc1oc2cc3oc(=O)c(CC(=O)Nc4ccc5c(c4)OCCO5)c(C)c3cc2c1C. The van der Waals surface area contributed by atoms with Crippen LogP contribution in [-0.2, 0) is 11.2 Å². The van der Waals surface area contributed by atoms with Gasteiger partial charge in [0, 0.05) is 28.6 Å². The number of benzene rings is 2. The summed E-state index contributed by atoms with van der Waals surface area (Å²) in [6.45, 7) is 6.68. The van der Waals surface area contributed by atoms with Crippen LogP contribution in [0.3, 0.4) is 0 Å². The lowest BCUT2D eigenvalue weighted by molar-refractivity contribution is -0.115. The van der Waals surface area contributed by atoms with E-state index in [9.17, 15) is 9.59 Å². The molecular weight excluding hydrogens is 398 g/mol. The van der Waals surface area contributed by atoms with Gasteiger partial charge in [0.05, 0.1) is 12.0 Å². The van der Waals surface area contributed by atoms with Crippen molar-refractivity contribution in [2.45, 2.75) is 27.2 Å². The van der Waals surface area contributed by atoms with Crippen molar-refractivity contribution in [2.24, 2.45) is 0 Å². The molecule has 1 N–H and O–H groups in total. The third-order valence-electron chi connectivity index (χ3n) is 5.75. The highest BCUT2D eigenvalue weighted by atomic mass is 16.6. The van der Waals surface area contributed by atoms with Gasteiger partial charge in [0.1, 0.15) is 30.1 Å². The Morgan fingerprint density at radius 1 is 0.903 bits per heavy atom. The summed E-state index contributed by atoms with van der Waals surface area (Å²) in [6, 6.07) is 8.89. The summed E-state index contributed by atoms with van der Waals surface area (Å²) in [4.78, 5) is 25.3. The van der Waals surface area contributed by atoms with E-state index in [1.165, 1.54) is 0 Å². The standard InChI is InChI=1S/C24H21NO6/c1-12-14(3)30-20-11-21-17(9-16(12)20)13(2)18(24(27)31-21)10-23(26)25-15-4-5-19-22(8-15)29-7-6-28-19/h4-5,8-9,11H,6-7,10H2,1-3H3,(H,25,26). The van der Waals surface area contributed by atoms with Gasteiger partial charge >= 0.3 is 5.63 Å². The van der Waals surface area contributed by atoms with Crippen LogP contribution in [-0.4, -0.2) is 19.1 Å². The second-order valence-electron chi connectivity index (χ2n) is 7.70. The van der Waals surface area contributed by atoms with E-state index in [4.69, 9.17) is 18.3 Å². The van der Waals surface area contributed by atoms with Gasteiger partial charge in [-0.2, -0.15) is 0 Å². The van der Waals surface area contributed by atoms with E-state index < -0.39 is 5.63 Å². The highest BCUT2D eigenvalue weighted by Gasteiger charge is 2.18. The number of hydrogen-bond donors (Lipinski definition) is 1. The Bertz CT molecular complexity index is 1410. The number of anilines is 1. The number of nitrogens with one attached hydrogen (secondary N) is 1. The van der Waals surface area contributed by atoms with Gasteiger partial charge in [-0.15, -0.1) is 0 Å². The lowest BCUT2D eigenvalue weighted by atomic mass is 10.0. The van der Waals surface area contributed by atoms with Crippen LogP contribution >= 0.6 is 0 Å². The molecule has 1 amide bonds. The highest BCUT2D eigenvalue weighted by Crippen LogP contribution is 2.33. The molecule has 4 aromatic rings. The topological polar surface area (TPSA) is 90.9 Å². The van der Waals surface area contributed by atoms with Gasteiger partial charge in [0.2, 0.25) is 5.91 Å². The lowest BCUT2D eigenvalue weighted by Gasteiger charge is -2.19. The number of carbonyl (C=O) groups excluding carboxylic acids is 1. The number of rotatable bonds is 3. The molecule has 2 aromatic carbocycles. The Morgan fingerprint density at radius 2 is 1.61 bits per heavy atom. The van der Waals surface area contributed by atoms with Crippen LogP contribution in [0.15, 0.2) is 44.0 Å². The monoisotopic (exact) mass is 419 g/mol. The molecule has 158 valence electrons. The van der Waals surface area contributed by atoms with Gasteiger partial charge in [-0.05, 0) is 50.1 Å². The fourth-order valence-corrected chi connectivity index (χ4v) is 3.92. The summed E-state index contributed by atoms with van der Waals surface area (Å²) in [5, 5.41) is 4.57. The molecule has 0 spiro atoms. The summed E-state index contributed by atoms with van der Waals surface area (Å²) in [5.41, 5.74) is 3.27. The van der Waals surface area contributed by atoms with Gasteiger partial charge in [0.15, 0.2) is 11.5 Å². The molecule has 7 nitrogen and oxygen atoms in total. The van der Waals surface area contributed by atoms with Gasteiger partial charge in [-0.1, -0.05) is 0 Å². The third-order valence-corrected chi connectivity index (χ3v) is 5.75. The minimum absolute atomic E-state index is 0.0972. The normalized spacial score (nSPS) is 13.0. The van der Waals surface area contributed by atoms with Crippen molar-refractivity contribution in [1.29, 1.82) is 0 Å². The highest BCUT2D eigenvalue weighted by molar-refractivity contribution is 5.98. The first-order chi connectivity index (χ1) is 14.9. The Labute approximate surface area is 177 Å². The Balaban J connectivity index is 1.46. The Morgan fingerprint density at radius 3 is 2.42 bits per heavy atom. The average Bonchev–Trinajstić information content (AvgIpc) is 3.03. The van der Waals surface area contributed by atoms with E-state index in [1.807, 2.05) is 26.8 Å². The maximum absolute atomic E-state index is 12.7. The Hall–Kier alpha value is -3.74. The van der Waals surface area contributed by atoms with E-state index in [2.05, 4.69) is 5.32 Å². The molecule has 0 aliphatic carbocycles. The van der Waals surface area contributed by atoms with Crippen molar-refractivity contribution in [1.82, 2.24) is 0 Å². The largest absolute Gasteiger partial charge is 0.486 e. The van der Waals surface area contributed by atoms with Crippen LogP contribution in [0.2, 0.25) is 0 Å². The number of amides is 1. The molecule has 3 heterocycles. The van der Waals surface area contributed by atoms with Crippen molar-refractivity contribution < 1.29 is 23.1 Å². The van der Waals surface area contributed by atoms with E-state index in [0.29, 0.717) is 47.1 Å². The number of fused-ring (bicyclic) bond motifs is 3. The fourth-order valence-electron chi connectivity index (χ4n) is 3.92. The molecule has 0 saturated heterocycles. The molecule has 5 rings (SSSR count). The minimum Gasteiger partial charge on any atom is -0.486 e. The Kier molecular flexibility index (Phi) is 4.46. The van der Waals surface area contributed by atoms with Gasteiger partial charge in [-0.3, -0.25) is 4.79 Å². The van der Waals surface area contributed by atoms with Crippen LogP contribution in [0.4, 0.5) is 5.69 Å². The van der Waals surface area contributed by atoms with Crippen molar-refractivity contribution >= 4 is 33.5 Å². The number of carbonyl (C=O) groups is 1. The second-order valence-corrected chi connectivity index (χ2v) is 7.70. The molecule has 1 aliphatic heterocycles.